The van der Waals surface area contributed by atoms with E-state index in [2.05, 4.69) is 104 Å². The Morgan fingerprint density at radius 3 is 0.933 bits per heavy atom. The number of aryl methyl sites for hydroxylation is 9. The highest BCUT2D eigenvalue weighted by Gasteiger charge is 2.31. The van der Waals surface area contributed by atoms with Crippen LogP contribution in [0.3, 0.4) is 0 Å². The molecule has 0 aliphatic carbocycles. The monoisotopic (exact) mass is 1830 g/mol. The van der Waals surface area contributed by atoms with Crippen LogP contribution < -0.4 is 23.7 Å². The van der Waals surface area contributed by atoms with Gasteiger partial charge in [-0.05, 0) is 230 Å². The first kappa shape index (κ1) is 105. The molecule has 1 atom stereocenters. The summed E-state index contributed by atoms with van der Waals surface area (Å²) < 4.78 is 44.1. The number of carbonyl (C=O) groups is 5. The predicted molar refractivity (Wildman–Crippen MR) is 527 cm³/mol. The van der Waals surface area contributed by atoms with Gasteiger partial charge in [0.05, 0.1) is 57.3 Å². The van der Waals surface area contributed by atoms with Crippen molar-refractivity contribution in [3.8, 4) is 126 Å². The van der Waals surface area contributed by atoms with Crippen LogP contribution in [-0.2, 0) is 28.6 Å². The predicted octanol–water partition coefficient (Wildman–Crippen LogP) is 24.3. The van der Waals surface area contributed by atoms with Gasteiger partial charge in [-0.2, -0.15) is 0 Å². The molecule has 0 saturated heterocycles. The summed E-state index contributed by atoms with van der Waals surface area (Å²) >= 11 is 0. The molecule has 0 fully saturated rings. The van der Waals surface area contributed by atoms with Crippen LogP contribution in [0.15, 0.2) is 188 Å². The number of unbranched alkanes of at least 4 members (excludes halogenated alkanes) is 3. The molecule has 24 nitrogen and oxygen atoms in total. The highest BCUT2D eigenvalue weighted by molar-refractivity contribution is 6.11. The molecule has 712 valence electrons. The first-order valence-electron chi connectivity index (χ1n) is 46.0. The van der Waals surface area contributed by atoms with E-state index in [0.29, 0.717) is 118 Å². The molecule has 10 aromatic carbocycles. The molecule has 2 heterocycles. The SMILES string of the molecule is CCC(C)(C)C(=O)OCCOc1ccc(-c2nc(-c3c(C)cc(C)cc3C)nc(-c3c(C)cc(C)cc3C)n2)c(O)c1.CCC(C)(C)C(=O)OCCOc1ccc(C(=O)c2ccccc2)c(O)c1.CCC(C)COc1ccc(C(=O)c2ccccc2)c(O)c1.CCCCCCOc1ccc(-c2nc(-c3ccc(OCOC(=O)C(C)(C)CC)cc3O)nc(-c3c(C)cc(C)cc3C)n2)c(O)c1. The van der Waals surface area contributed by atoms with Gasteiger partial charge in [-0.25, -0.2) is 29.9 Å². The third kappa shape index (κ3) is 29.0. The molecule has 1 unspecified atom stereocenters. The Balaban J connectivity index is 0.000000211. The van der Waals surface area contributed by atoms with Crippen molar-refractivity contribution in [2.24, 2.45) is 22.2 Å². The van der Waals surface area contributed by atoms with Crippen molar-refractivity contribution in [2.45, 2.75) is 197 Å². The van der Waals surface area contributed by atoms with Crippen molar-refractivity contribution < 1.29 is 87.4 Å². The van der Waals surface area contributed by atoms with E-state index in [0.717, 1.165) is 87.7 Å². The number of ketones is 2. The topological polar surface area (TPSA) is 338 Å². The van der Waals surface area contributed by atoms with E-state index in [4.69, 9.17) is 62.8 Å². The average Bonchev–Trinajstić information content (AvgIpc) is 0.772. The molecule has 0 saturated carbocycles. The standard InChI is InChI=1S/C37H45N3O6.C35H41N3O4.C21H24O5.C18H20O3/c1-8-10-11-12-17-44-26-13-15-28(30(41)20-26)33-38-34(40-35(39-33)32-24(4)18-23(3)19-25(32)5)29-16-14-27(21-31(29)42)45-22-46-36(43)37(6,7)9-2;1-10-35(8,9)34(40)42-14-13-41-26-11-12-27(28(39)19-26)31-36-32(29-22(4)15-20(2)16-23(29)5)38-33(37-31)30-24(6)17-21(3)18-25(30)7;1-4-21(2,3)20(24)26-13-12-25-16-10-11-17(18(22)14-16)19(23)15-8-6-5-7-9-15;1-3-13(2)12-21-15-9-10-16(17(19)11-15)18(20)14-7-5-4-6-8-14/h13-16,18-21,41-42H,8-12,17,22H2,1-7H3;11-12,15-19,39H,10,13-14H2,1-9H3;5-11,14,22H,4,12-13H2,1-3H3;4-11,13,19H,3,12H2,1-2H3. The minimum Gasteiger partial charge on any atom is -0.507 e. The molecule has 2 aromatic heterocycles. The molecule has 12 rings (SSSR count). The van der Waals surface area contributed by atoms with E-state index in [1.54, 1.807) is 109 Å². The van der Waals surface area contributed by atoms with Crippen LogP contribution in [0.5, 0.6) is 57.5 Å². The molecule has 12 aromatic rings. The van der Waals surface area contributed by atoms with Crippen molar-refractivity contribution in [3.05, 3.63) is 260 Å². The van der Waals surface area contributed by atoms with E-state index >= 15 is 0 Å². The van der Waals surface area contributed by atoms with E-state index in [-0.39, 0.29) is 114 Å². The number of nitrogens with zero attached hydrogens (tertiary/aromatic N) is 6. The lowest BCUT2D eigenvalue weighted by atomic mass is 9.91. The Morgan fingerprint density at radius 1 is 0.319 bits per heavy atom. The minimum absolute atomic E-state index is 0.0191. The van der Waals surface area contributed by atoms with E-state index in [1.807, 2.05) is 95.2 Å². The first-order valence-corrected chi connectivity index (χ1v) is 46.0. The molecule has 0 aliphatic heterocycles. The third-order valence-electron chi connectivity index (χ3n) is 23.5. The van der Waals surface area contributed by atoms with Crippen molar-refractivity contribution >= 4 is 29.5 Å². The van der Waals surface area contributed by atoms with Gasteiger partial charge in [-0.15, -0.1) is 0 Å². The van der Waals surface area contributed by atoms with Crippen LogP contribution >= 0.6 is 0 Å². The van der Waals surface area contributed by atoms with Gasteiger partial charge in [0.2, 0.25) is 6.79 Å². The van der Waals surface area contributed by atoms with Gasteiger partial charge in [-0.1, -0.05) is 181 Å². The molecular formula is C111H130N6O18. The fraction of sp³-hybridized carbons (Fsp3) is 0.360. The van der Waals surface area contributed by atoms with Gasteiger partial charge in [0.25, 0.3) is 0 Å². The maximum absolute atomic E-state index is 12.4. The Bertz CT molecular complexity index is 5970. The molecular weight excluding hydrogens is 1710 g/mol. The number of hydrogen-bond acceptors (Lipinski definition) is 24. The molecule has 0 aliphatic rings. The Morgan fingerprint density at radius 2 is 0.615 bits per heavy atom. The summed E-state index contributed by atoms with van der Waals surface area (Å²) in [6.07, 6.45) is 7.41. The molecule has 24 heteroatoms. The summed E-state index contributed by atoms with van der Waals surface area (Å²) in [5.74, 6) is 3.40. The van der Waals surface area contributed by atoms with Gasteiger partial charge < -0.3 is 63.4 Å². The minimum atomic E-state index is -0.617. The maximum Gasteiger partial charge on any atom is 0.314 e. The van der Waals surface area contributed by atoms with Crippen LogP contribution in [-0.4, -0.2) is 131 Å². The average molecular weight is 1840 g/mol. The number of hydrogen-bond donors (Lipinski definition) is 5. The number of carbonyl (C=O) groups excluding carboxylic acids is 5. The molecule has 0 radical (unpaired) electrons. The largest absolute Gasteiger partial charge is 0.507 e. The fourth-order valence-corrected chi connectivity index (χ4v) is 14.3. The number of rotatable bonds is 37. The zero-order valence-corrected chi connectivity index (χ0v) is 81.8. The summed E-state index contributed by atoms with van der Waals surface area (Å²) in [5.41, 5.74) is 13.6. The van der Waals surface area contributed by atoms with Gasteiger partial charge in [0, 0.05) is 58.1 Å². The van der Waals surface area contributed by atoms with Gasteiger partial charge in [0.1, 0.15) is 83.9 Å². The van der Waals surface area contributed by atoms with Crippen LogP contribution in [0.1, 0.15) is 216 Å². The van der Waals surface area contributed by atoms with Crippen LogP contribution in [0.2, 0.25) is 0 Å². The second kappa shape index (κ2) is 48.6. The van der Waals surface area contributed by atoms with Gasteiger partial charge in [-0.3, -0.25) is 24.0 Å². The van der Waals surface area contributed by atoms with Crippen LogP contribution in [0.4, 0.5) is 0 Å². The van der Waals surface area contributed by atoms with Crippen molar-refractivity contribution in [1.82, 2.24) is 29.9 Å². The zero-order chi connectivity index (χ0) is 98.6. The summed E-state index contributed by atoms with van der Waals surface area (Å²) in [7, 11) is 0. The van der Waals surface area contributed by atoms with Crippen LogP contribution in [0.25, 0.3) is 68.3 Å². The second-order valence-electron chi connectivity index (χ2n) is 35.8. The summed E-state index contributed by atoms with van der Waals surface area (Å²) in [4.78, 5) is 90.0. The fourth-order valence-electron chi connectivity index (χ4n) is 14.3. The smallest absolute Gasteiger partial charge is 0.314 e. The quantitative estimate of drug-likeness (QED) is 0.00794. The Kier molecular flexibility index (Phi) is 37.7. The van der Waals surface area contributed by atoms with Crippen molar-refractivity contribution in [3.63, 3.8) is 0 Å². The second-order valence-corrected chi connectivity index (χ2v) is 35.8. The number of benzene rings is 10. The first-order chi connectivity index (χ1) is 64.2. The lowest BCUT2D eigenvalue weighted by molar-refractivity contribution is -0.161. The van der Waals surface area contributed by atoms with E-state index < -0.39 is 16.2 Å². The normalized spacial score (nSPS) is 11.4. The molecule has 5 N–H and O–H groups in total. The Hall–Kier alpha value is -14.0. The number of phenolic OH excluding ortho intramolecular Hbond substituents is 5. The molecule has 0 bridgehead atoms. The van der Waals surface area contributed by atoms with Gasteiger partial charge in [0.15, 0.2) is 46.5 Å². The lowest BCUT2D eigenvalue weighted by Gasteiger charge is -2.20. The maximum atomic E-state index is 12.4. The molecule has 135 heavy (non-hydrogen) atoms. The number of aromatic hydroxyl groups is 5. The van der Waals surface area contributed by atoms with E-state index in [9.17, 15) is 49.5 Å². The summed E-state index contributed by atoms with van der Waals surface area (Å²) in [6.45, 7) is 43.0. The van der Waals surface area contributed by atoms with Crippen molar-refractivity contribution in [1.29, 1.82) is 0 Å². The number of aromatic nitrogens is 6. The van der Waals surface area contributed by atoms with Crippen molar-refractivity contribution in [2.75, 3.05) is 46.4 Å². The lowest BCUT2D eigenvalue weighted by Crippen LogP contribution is -2.27. The summed E-state index contributed by atoms with van der Waals surface area (Å²) in [5, 5.41) is 53.4. The van der Waals surface area contributed by atoms with Crippen LogP contribution in [0, 0.1) is 84.5 Å². The Labute approximate surface area is 794 Å². The number of phenols is 5. The summed E-state index contributed by atoms with van der Waals surface area (Å²) in [6, 6.07) is 54.4. The zero-order valence-electron chi connectivity index (χ0n) is 81.8. The van der Waals surface area contributed by atoms with E-state index in [1.165, 1.54) is 41.5 Å². The number of esters is 3. The molecule has 0 spiro atoms. The van der Waals surface area contributed by atoms with Gasteiger partial charge >= 0.3 is 17.9 Å². The number of ether oxygens (including phenoxy) is 8. The highest BCUT2D eigenvalue weighted by atomic mass is 16.7. The molecule has 0 amide bonds. The third-order valence-corrected chi connectivity index (χ3v) is 23.5. The highest BCUT2D eigenvalue weighted by Crippen LogP contribution is 2.41.